The molecule has 0 radical (unpaired) electrons. The molecular formula is C17H23N3O2. The van der Waals surface area contributed by atoms with Crippen molar-refractivity contribution in [2.45, 2.75) is 25.8 Å². The van der Waals surface area contributed by atoms with Crippen molar-refractivity contribution in [2.24, 2.45) is 5.92 Å². The molecule has 0 aliphatic carbocycles. The first-order valence-corrected chi connectivity index (χ1v) is 7.90. The minimum absolute atomic E-state index is 0.616. The standard InChI is InChI=1S/C17H23N3O2/c1-21-13-15-8-5-9-20(11-15)12-17-18-16(19-22-17)10-14-6-3-2-4-7-14/h2-4,6-7,15H,5,8-13H2,1H3/t15-/m0/s1. The van der Waals surface area contributed by atoms with Crippen molar-refractivity contribution in [3.8, 4) is 0 Å². The van der Waals surface area contributed by atoms with E-state index in [2.05, 4.69) is 27.2 Å². The van der Waals surface area contributed by atoms with Crippen LogP contribution in [0.15, 0.2) is 34.9 Å². The highest BCUT2D eigenvalue weighted by molar-refractivity contribution is 5.18. The molecule has 5 nitrogen and oxygen atoms in total. The van der Waals surface area contributed by atoms with E-state index in [9.17, 15) is 0 Å². The molecule has 118 valence electrons. The van der Waals surface area contributed by atoms with Gasteiger partial charge in [0.1, 0.15) is 0 Å². The van der Waals surface area contributed by atoms with Gasteiger partial charge in [-0.15, -0.1) is 0 Å². The van der Waals surface area contributed by atoms with Gasteiger partial charge in [-0.3, -0.25) is 4.90 Å². The summed E-state index contributed by atoms with van der Waals surface area (Å²) in [5.41, 5.74) is 1.20. The Morgan fingerprint density at radius 1 is 1.32 bits per heavy atom. The van der Waals surface area contributed by atoms with E-state index in [0.717, 1.165) is 38.5 Å². The van der Waals surface area contributed by atoms with Crippen molar-refractivity contribution in [1.82, 2.24) is 15.0 Å². The largest absolute Gasteiger partial charge is 0.384 e. The molecule has 1 aliphatic rings. The number of methoxy groups -OCH3 is 1. The third kappa shape index (κ3) is 4.15. The number of nitrogens with zero attached hydrogens (tertiary/aromatic N) is 3. The minimum atomic E-state index is 0.616. The molecule has 3 rings (SSSR count). The first-order valence-electron chi connectivity index (χ1n) is 7.90. The van der Waals surface area contributed by atoms with E-state index in [1.165, 1.54) is 18.4 Å². The van der Waals surface area contributed by atoms with Crippen molar-refractivity contribution in [2.75, 3.05) is 26.8 Å². The van der Waals surface area contributed by atoms with Crippen molar-refractivity contribution in [3.05, 3.63) is 47.6 Å². The van der Waals surface area contributed by atoms with Crippen molar-refractivity contribution < 1.29 is 9.26 Å². The summed E-state index contributed by atoms with van der Waals surface area (Å²) in [6.45, 7) is 3.71. The van der Waals surface area contributed by atoms with E-state index in [0.29, 0.717) is 11.8 Å². The lowest BCUT2D eigenvalue weighted by atomic mass is 9.99. The van der Waals surface area contributed by atoms with E-state index in [4.69, 9.17) is 9.26 Å². The summed E-state index contributed by atoms with van der Waals surface area (Å²) >= 11 is 0. The van der Waals surface area contributed by atoms with Crippen LogP contribution in [0.5, 0.6) is 0 Å². The fourth-order valence-corrected chi connectivity index (χ4v) is 3.06. The van der Waals surface area contributed by atoms with Crippen LogP contribution >= 0.6 is 0 Å². The molecule has 1 aromatic heterocycles. The molecule has 2 aromatic rings. The zero-order valence-corrected chi connectivity index (χ0v) is 13.1. The van der Waals surface area contributed by atoms with Gasteiger partial charge in [-0.25, -0.2) is 0 Å². The zero-order chi connectivity index (χ0) is 15.2. The average molecular weight is 301 g/mol. The van der Waals surface area contributed by atoms with E-state index in [-0.39, 0.29) is 0 Å². The number of benzene rings is 1. The Bertz CT molecular complexity index is 568. The summed E-state index contributed by atoms with van der Waals surface area (Å²) < 4.78 is 10.7. The fourth-order valence-electron chi connectivity index (χ4n) is 3.06. The first-order chi connectivity index (χ1) is 10.8. The second kappa shape index (κ2) is 7.51. The number of hydrogen-bond acceptors (Lipinski definition) is 5. The van der Waals surface area contributed by atoms with Gasteiger partial charge in [-0.2, -0.15) is 4.98 Å². The molecule has 1 saturated heterocycles. The predicted molar refractivity (Wildman–Crippen MR) is 83.4 cm³/mol. The molecule has 0 saturated carbocycles. The number of hydrogen-bond donors (Lipinski definition) is 0. The molecule has 0 unspecified atom stereocenters. The zero-order valence-electron chi connectivity index (χ0n) is 13.1. The van der Waals surface area contributed by atoms with Crippen LogP contribution < -0.4 is 0 Å². The fraction of sp³-hybridized carbons (Fsp3) is 0.529. The summed E-state index contributed by atoms with van der Waals surface area (Å²) in [6, 6.07) is 10.2. The number of rotatable bonds is 6. The van der Waals surface area contributed by atoms with Crippen molar-refractivity contribution in [1.29, 1.82) is 0 Å². The molecule has 1 aromatic carbocycles. The van der Waals surface area contributed by atoms with Gasteiger partial charge in [0.2, 0.25) is 5.89 Å². The lowest BCUT2D eigenvalue weighted by Gasteiger charge is -2.31. The van der Waals surface area contributed by atoms with E-state index in [1.54, 1.807) is 7.11 Å². The molecule has 0 bridgehead atoms. The van der Waals surface area contributed by atoms with Gasteiger partial charge < -0.3 is 9.26 Å². The molecule has 5 heteroatoms. The molecule has 1 atom stereocenters. The van der Waals surface area contributed by atoms with Crippen LogP contribution in [0.25, 0.3) is 0 Å². The number of aromatic nitrogens is 2. The van der Waals surface area contributed by atoms with Crippen molar-refractivity contribution >= 4 is 0 Å². The molecule has 1 aliphatic heterocycles. The highest BCUT2D eigenvalue weighted by atomic mass is 16.5. The lowest BCUT2D eigenvalue weighted by Crippen LogP contribution is -2.36. The predicted octanol–water partition coefficient (Wildman–Crippen LogP) is 2.52. The topological polar surface area (TPSA) is 51.4 Å². The van der Waals surface area contributed by atoms with Crippen LogP contribution in [0.2, 0.25) is 0 Å². The molecular weight excluding hydrogens is 278 g/mol. The number of ether oxygens (including phenoxy) is 1. The smallest absolute Gasteiger partial charge is 0.240 e. The summed E-state index contributed by atoms with van der Waals surface area (Å²) in [4.78, 5) is 6.90. The highest BCUT2D eigenvalue weighted by Gasteiger charge is 2.21. The maximum atomic E-state index is 5.40. The van der Waals surface area contributed by atoms with Crippen LogP contribution in [-0.4, -0.2) is 41.8 Å². The first kappa shape index (κ1) is 15.2. The van der Waals surface area contributed by atoms with Crippen LogP contribution in [-0.2, 0) is 17.7 Å². The lowest BCUT2D eigenvalue weighted by molar-refractivity contribution is 0.0820. The summed E-state index contributed by atoms with van der Waals surface area (Å²) in [6.07, 6.45) is 3.17. The maximum Gasteiger partial charge on any atom is 0.240 e. The van der Waals surface area contributed by atoms with E-state index >= 15 is 0 Å². The maximum absolute atomic E-state index is 5.40. The average Bonchev–Trinajstić information content (AvgIpc) is 2.96. The summed E-state index contributed by atoms with van der Waals surface area (Å²) in [7, 11) is 1.77. The molecule has 1 fully saturated rings. The highest BCUT2D eigenvalue weighted by Crippen LogP contribution is 2.18. The normalized spacial score (nSPS) is 19.4. The van der Waals surface area contributed by atoms with Gasteiger partial charge >= 0.3 is 0 Å². The minimum Gasteiger partial charge on any atom is -0.384 e. The van der Waals surface area contributed by atoms with Gasteiger partial charge in [0, 0.05) is 20.1 Å². The van der Waals surface area contributed by atoms with Crippen LogP contribution in [0, 0.1) is 5.92 Å². The van der Waals surface area contributed by atoms with Crippen LogP contribution in [0.4, 0.5) is 0 Å². The van der Waals surface area contributed by atoms with Gasteiger partial charge in [-0.1, -0.05) is 35.5 Å². The Hall–Kier alpha value is -1.72. The van der Waals surface area contributed by atoms with Crippen molar-refractivity contribution in [3.63, 3.8) is 0 Å². The summed E-state index contributed by atoms with van der Waals surface area (Å²) in [5.74, 6) is 2.08. The van der Waals surface area contributed by atoms with Gasteiger partial charge in [0.15, 0.2) is 5.82 Å². The SMILES string of the molecule is COC[C@H]1CCCN(Cc2nc(Cc3ccccc3)no2)C1. The Kier molecular flexibility index (Phi) is 5.19. The Balaban J connectivity index is 1.55. The second-order valence-corrected chi connectivity index (χ2v) is 5.97. The van der Waals surface area contributed by atoms with E-state index < -0.39 is 0 Å². The monoisotopic (exact) mass is 301 g/mol. The van der Waals surface area contributed by atoms with Gasteiger partial charge in [0.05, 0.1) is 13.2 Å². The third-order valence-corrected chi connectivity index (χ3v) is 4.08. The van der Waals surface area contributed by atoms with E-state index in [1.807, 2.05) is 18.2 Å². The van der Waals surface area contributed by atoms with Gasteiger partial charge in [0.25, 0.3) is 0 Å². The molecule has 0 amide bonds. The Morgan fingerprint density at radius 3 is 3.00 bits per heavy atom. The Morgan fingerprint density at radius 2 is 2.18 bits per heavy atom. The molecule has 0 spiro atoms. The Labute approximate surface area is 131 Å². The third-order valence-electron chi connectivity index (χ3n) is 4.08. The second-order valence-electron chi connectivity index (χ2n) is 5.97. The quantitative estimate of drug-likeness (QED) is 0.820. The van der Waals surface area contributed by atoms with Gasteiger partial charge in [-0.05, 0) is 30.9 Å². The molecule has 2 heterocycles. The molecule has 22 heavy (non-hydrogen) atoms. The number of likely N-dealkylation sites (tertiary alicyclic amines) is 1. The number of piperidine rings is 1. The van der Waals surface area contributed by atoms with Crippen LogP contribution in [0.1, 0.15) is 30.1 Å². The molecule has 0 N–H and O–H groups in total. The van der Waals surface area contributed by atoms with Crippen LogP contribution in [0.3, 0.4) is 0 Å². The summed E-state index contributed by atoms with van der Waals surface area (Å²) in [5, 5.41) is 4.09.